The van der Waals surface area contributed by atoms with Gasteiger partial charge < -0.3 is 15.3 Å². The molecular weight excluding hydrogens is 266 g/mol. The van der Waals surface area contributed by atoms with Crippen LogP contribution in [0.1, 0.15) is 18.4 Å². The molecule has 2 N–H and O–H groups in total. The standard InChI is InChI=1S/C14H18F2N2O2/c1-18(7-8-19)13(20)17-9-14(5-6-14)12-10(15)3-2-4-11(12)16/h2-4,19H,5-9H2,1H3,(H,17,20). The van der Waals surface area contributed by atoms with Crippen LogP contribution in [0, 0.1) is 11.6 Å². The van der Waals surface area contributed by atoms with Crippen molar-refractivity contribution < 1.29 is 18.7 Å². The third kappa shape index (κ3) is 2.90. The largest absolute Gasteiger partial charge is 0.395 e. The van der Waals surface area contributed by atoms with Crippen molar-refractivity contribution in [1.29, 1.82) is 0 Å². The Morgan fingerprint density at radius 1 is 1.40 bits per heavy atom. The van der Waals surface area contributed by atoms with E-state index in [-0.39, 0.29) is 31.3 Å². The van der Waals surface area contributed by atoms with Crippen molar-refractivity contribution in [2.75, 3.05) is 26.7 Å². The first-order valence-corrected chi connectivity index (χ1v) is 6.54. The van der Waals surface area contributed by atoms with E-state index in [9.17, 15) is 13.6 Å². The second-order valence-corrected chi connectivity index (χ2v) is 5.18. The molecule has 110 valence electrons. The fourth-order valence-corrected chi connectivity index (χ4v) is 2.30. The quantitative estimate of drug-likeness (QED) is 0.863. The second-order valence-electron chi connectivity index (χ2n) is 5.18. The lowest BCUT2D eigenvalue weighted by atomic mass is 9.94. The van der Waals surface area contributed by atoms with Gasteiger partial charge in [0, 0.05) is 31.1 Å². The molecule has 0 aromatic heterocycles. The first kappa shape index (κ1) is 14.7. The van der Waals surface area contributed by atoms with E-state index in [1.165, 1.54) is 23.1 Å². The van der Waals surface area contributed by atoms with E-state index in [0.717, 1.165) is 0 Å². The summed E-state index contributed by atoms with van der Waals surface area (Å²) in [5, 5.41) is 11.4. The molecule has 0 saturated heterocycles. The van der Waals surface area contributed by atoms with Gasteiger partial charge in [0.25, 0.3) is 0 Å². The molecule has 1 aliphatic rings. The highest BCUT2D eigenvalue weighted by Crippen LogP contribution is 2.49. The molecule has 1 saturated carbocycles. The van der Waals surface area contributed by atoms with E-state index in [1.54, 1.807) is 7.05 Å². The van der Waals surface area contributed by atoms with E-state index >= 15 is 0 Å². The molecule has 1 aliphatic carbocycles. The maximum atomic E-state index is 13.8. The lowest BCUT2D eigenvalue weighted by Crippen LogP contribution is -2.42. The van der Waals surface area contributed by atoms with Crippen LogP contribution in [0.15, 0.2) is 18.2 Å². The third-order valence-electron chi connectivity index (χ3n) is 3.71. The first-order valence-electron chi connectivity index (χ1n) is 6.54. The van der Waals surface area contributed by atoms with E-state index < -0.39 is 17.0 Å². The predicted molar refractivity (Wildman–Crippen MR) is 70.4 cm³/mol. The predicted octanol–water partition coefficient (Wildman–Crippen LogP) is 1.63. The monoisotopic (exact) mass is 284 g/mol. The summed E-state index contributed by atoms with van der Waals surface area (Å²) in [6, 6.07) is 3.44. The maximum Gasteiger partial charge on any atom is 0.317 e. The number of rotatable bonds is 5. The minimum Gasteiger partial charge on any atom is -0.395 e. The maximum absolute atomic E-state index is 13.8. The summed E-state index contributed by atoms with van der Waals surface area (Å²) < 4.78 is 27.6. The number of hydrogen-bond donors (Lipinski definition) is 2. The summed E-state index contributed by atoms with van der Waals surface area (Å²) in [5.74, 6) is -1.14. The fourth-order valence-electron chi connectivity index (χ4n) is 2.30. The molecule has 2 amide bonds. The van der Waals surface area contributed by atoms with Crippen LogP contribution in [0.25, 0.3) is 0 Å². The van der Waals surface area contributed by atoms with Crippen LogP contribution in [0.2, 0.25) is 0 Å². The van der Waals surface area contributed by atoms with Crippen molar-refractivity contribution >= 4 is 6.03 Å². The molecule has 0 bridgehead atoms. The minimum absolute atomic E-state index is 0.0603. The number of urea groups is 1. The van der Waals surface area contributed by atoms with Gasteiger partial charge in [-0.25, -0.2) is 13.6 Å². The highest BCUT2D eigenvalue weighted by molar-refractivity contribution is 5.74. The molecule has 1 fully saturated rings. The molecule has 0 unspecified atom stereocenters. The number of likely N-dealkylation sites (N-methyl/N-ethyl adjacent to an activating group) is 1. The fraction of sp³-hybridized carbons (Fsp3) is 0.500. The van der Waals surface area contributed by atoms with Crippen LogP contribution in [-0.2, 0) is 5.41 Å². The number of hydrogen-bond acceptors (Lipinski definition) is 2. The minimum atomic E-state index is -0.634. The smallest absolute Gasteiger partial charge is 0.317 e. The lowest BCUT2D eigenvalue weighted by molar-refractivity contribution is 0.189. The molecule has 0 heterocycles. The highest BCUT2D eigenvalue weighted by Gasteiger charge is 2.48. The normalized spacial score (nSPS) is 15.8. The number of carbonyl (C=O) groups is 1. The first-order chi connectivity index (χ1) is 9.50. The molecule has 2 rings (SSSR count). The Kier molecular flexibility index (Phi) is 4.23. The van der Waals surface area contributed by atoms with Crippen LogP contribution in [0.3, 0.4) is 0 Å². The summed E-state index contributed by atoms with van der Waals surface area (Å²) in [6.45, 7) is 0.281. The topological polar surface area (TPSA) is 52.6 Å². The van der Waals surface area contributed by atoms with E-state index in [2.05, 4.69) is 5.32 Å². The number of nitrogens with one attached hydrogen (secondary N) is 1. The Morgan fingerprint density at radius 3 is 2.50 bits per heavy atom. The Hall–Kier alpha value is -1.69. The van der Waals surface area contributed by atoms with E-state index in [0.29, 0.717) is 12.8 Å². The summed E-state index contributed by atoms with van der Waals surface area (Å²) in [6.07, 6.45) is 1.30. The van der Waals surface area contributed by atoms with Gasteiger partial charge in [-0.2, -0.15) is 0 Å². The lowest BCUT2D eigenvalue weighted by Gasteiger charge is -2.21. The summed E-state index contributed by atoms with van der Waals surface area (Å²) in [7, 11) is 1.55. The molecule has 1 aromatic rings. The molecular formula is C14H18F2N2O2. The Bertz CT molecular complexity index is 484. The third-order valence-corrected chi connectivity index (χ3v) is 3.71. The number of aliphatic hydroxyl groups excluding tert-OH is 1. The molecule has 6 heteroatoms. The van der Waals surface area contributed by atoms with Gasteiger partial charge in [0.2, 0.25) is 0 Å². The van der Waals surface area contributed by atoms with Gasteiger partial charge in [-0.1, -0.05) is 6.07 Å². The van der Waals surface area contributed by atoms with Crippen molar-refractivity contribution in [2.45, 2.75) is 18.3 Å². The molecule has 0 spiro atoms. The zero-order chi connectivity index (χ0) is 14.8. The molecule has 0 radical (unpaired) electrons. The number of carbonyl (C=O) groups excluding carboxylic acids is 1. The van der Waals surface area contributed by atoms with E-state index in [1.807, 2.05) is 0 Å². The molecule has 1 aromatic carbocycles. The number of benzene rings is 1. The Morgan fingerprint density at radius 2 is 2.00 bits per heavy atom. The van der Waals surface area contributed by atoms with Gasteiger partial charge in [0.15, 0.2) is 0 Å². The van der Waals surface area contributed by atoms with Crippen molar-refractivity contribution in [3.8, 4) is 0 Å². The summed E-state index contributed by atoms with van der Waals surface area (Å²) >= 11 is 0. The van der Waals surface area contributed by atoms with Gasteiger partial charge in [-0.3, -0.25) is 0 Å². The molecule has 0 aliphatic heterocycles. The summed E-state index contributed by atoms with van der Waals surface area (Å²) in [5.41, 5.74) is -0.574. The van der Waals surface area contributed by atoms with Crippen LogP contribution in [0.4, 0.5) is 13.6 Å². The number of halogens is 2. The van der Waals surface area contributed by atoms with Gasteiger partial charge in [0.05, 0.1) is 6.61 Å². The molecule has 20 heavy (non-hydrogen) atoms. The second kappa shape index (κ2) is 5.75. The van der Waals surface area contributed by atoms with Crippen molar-refractivity contribution in [3.05, 3.63) is 35.4 Å². The van der Waals surface area contributed by atoms with Crippen LogP contribution in [-0.4, -0.2) is 42.8 Å². The molecule has 4 nitrogen and oxygen atoms in total. The number of amides is 2. The zero-order valence-corrected chi connectivity index (χ0v) is 11.3. The van der Waals surface area contributed by atoms with Crippen LogP contribution in [0.5, 0.6) is 0 Å². The van der Waals surface area contributed by atoms with Gasteiger partial charge in [-0.15, -0.1) is 0 Å². The van der Waals surface area contributed by atoms with Gasteiger partial charge >= 0.3 is 6.03 Å². The van der Waals surface area contributed by atoms with Crippen molar-refractivity contribution in [2.24, 2.45) is 0 Å². The van der Waals surface area contributed by atoms with Crippen molar-refractivity contribution in [3.63, 3.8) is 0 Å². The van der Waals surface area contributed by atoms with Gasteiger partial charge in [-0.05, 0) is 25.0 Å². The summed E-state index contributed by atoms with van der Waals surface area (Å²) in [4.78, 5) is 13.1. The highest BCUT2D eigenvalue weighted by atomic mass is 19.1. The Labute approximate surface area is 116 Å². The molecule has 0 atom stereocenters. The average molecular weight is 284 g/mol. The van der Waals surface area contributed by atoms with E-state index in [4.69, 9.17) is 5.11 Å². The number of aliphatic hydroxyl groups is 1. The Balaban J connectivity index is 2.04. The average Bonchev–Trinajstić information content (AvgIpc) is 3.17. The zero-order valence-electron chi connectivity index (χ0n) is 11.3. The SMILES string of the molecule is CN(CCO)C(=O)NCC1(c2c(F)cccc2F)CC1. The van der Waals surface area contributed by atoms with Crippen molar-refractivity contribution in [1.82, 2.24) is 10.2 Å². The van der Waals surface area contributed by atoms with Crippen LogP contribution < -0.4 is 5.32 Å². The number of nitrogens with zero attached hydrogens (tertiary/aromatic N) is 1. The van der Waals surface area contributed by atoms with Crippen LogP contribution >= 0.6 is 0 Å². The van der Waals surface area contributed by atoms with Gasteiger partial charge in [0.1, 0.15) is 11.6 Å².